The minimum absolute atomic E-state index is 0.312. The van der Waals surface area contributed by atoms with Gasteiger partial charge in [0, 0.05) is 18.7 Å². The molecule has 2 aliphatic carbocycles. The lowest BCUT2D eigenvalue weighted by Gasteiger charge is -2.47. The number of rotatable bonds is 3. The Kier molecular flexibility index (Phi) is 2.52. The molecule has 2 nitrogen and oxygen atoms in total. The van der Waals surface area contributed by atoms with Crippen molar-refractivity contribution in [3.8, 4) is 0 Å². The minimum Gasteiger partial charge on any atom is -0.375 e. The van der Waals surface area contributed by atoms with E-state index in [1.165, 1.54) is 44.9 Å². The fourth-order valence-corrected chi connectivity index (χ4v) is 3.30. The summed E-state index contributed by atoms with van der Waals surface area (Å²) in [6.07, 6.45) is 9.29. The van der Waals surface area contributed by atoms with Crippen molar-refractivity contribution in [1.29, 1.82) is 0 Å². The van der Waals surface area contributed by atoms with Crippen LogP contribution in [0.4, 0.5) is 0 Å². The van der Waals surface area contributed by atoms with Crippen LogP contribution in [0.5, 0.6) is 0 Å². The van der Waals surface area contributed by atoms with Crippen LogP contribution in [0.1, 0.15) is 51.9 Å². The highest BCUT2D eigenvalue weighted by molar-refractivity contribution is 5.00. The second kappa shape index (κ2) is 3.74. The van der Waals surface area contributed by atoms with Gasteiger partial charge in [-0.3, -0.25) is 0 Å². The van der Waals surface area contributed by atoms with E-state index >= 15 is 0 Å². The smallest absolute Gasteiger partial charge is 0.0697 e. The Balaban J connectivity index is 1.49. The summed E-state index contributed by atoms with van der Waals surface area (Å²) >= 11 is 0. The van der Waals surface area contributed by atoms with Gasteiger partial charge in [-0.25, -0.2) is 0 Å². The fraction of sp³-hybridized carbons (Fsp3) is 1.00. The van der Waals surface area contributed by atoms with Crippen LogP contribution in [0, 0.1) is 5.92 Å². The molecule has 0 bridgehead atoms. The van der Waals surface area contributed by atoms with Gasteiger partial charge in [0.05, 0.1) is 5.60 Å². The molecule has 0 aromatic carbocycles. The highest BCUT2D eigenvalue weighted by Crippen LogP contribution is 2.43. The summed E-state index contributed by atoms with van der Waals surface area (Å²) in [7, 11) is 0. The predicted octanol–water partition coefficient (Wildman–Crippen LogP) is 2.48. The molecule has 3 rings (SSSR count). The van der Waals surface area contributed by atoms with Gasteiger partial charge in [-0.1, -0.05) is 13.3 Å². The highest BCUT2D eigenvalue weighted by atomic mass is 16.5. The van der Waals surface area contributed by atoms with Crippen LogP contribution < -0.4 is 5.32 Å². The van der Waals surface area contributed by atoms with Crippen molar-refractivity contribution in [1.82, 2.24) is 5.32 Å². The molecule has 15 heavy (non-hydrogen) atoms. The number of hydrogen-bond donors (Lipinski definition) is 1. The van der Waals surface area contributed by atoms with Crippen LogP contribution in [-0.4, -0.2) is 24.3 Å². The first-order valence-electron chi connectivity index (χ1n) is 6.71. The molecule has 2 heteroatoms. The fourth-order valence-electron chi connectivity index (χ4n) is 3.30. The largest absolute Gasteiger partial charge is 0.375 e. The first-order chi connectivity index (χ1) is 7.31. The molecule has 0 aromatic rings. The van der Waals surface area contributed by atoms with Crippen molar-refractivity contribution in [3.63, 3.8) is 0 Å². The molecule has 3 atom stereocenters. The number of hydrogen-bond acceptors (Lipinski definition) is 2. The molecular weight excluding hydrogens is 186 g/mol. The molecule has 86 valence electrons. The van der Waals surface area contributed by atoms with E-state index in [1.807, 2.05) is 0 Å². The summed E-state index contributed by atoms with van der Waals surface area (Å²) in [5.74, 6) is 0.977. The van der Waals surface area contributed by atoms with Crippen molar-refractivity contribution in [2.45, 2.75) is 69.6 Å². The third-order valence-electron chi connectivity index (χ3n) is 4.65. The van der Waals surface area contributed by atoms with Crippen molar-refractivity contribution in [2.75, 3.05) is 6.61 Å². The van der Waals surface area contributed by atoms with Gasteiger partial charge in [-0.2, -0.15) is 0 Å². The van der Waals surface area contributed by atoms with Crippen LogP contribution in [-0.2, 0) is 4.74 Å². The SMILES string of the molecule is CCC1CC1NC1CCOC2(CCC2)C1. The third-order valence-corrected chi connectivity index (χ3v) is 4.65. The lowest BCUT2D eigenvalue weighted by molar-refractivity contribution is -0.135. The van der Waals surface area contributed by atoms with Crippen LogP contribution in [0.2, 0.25) is 0 Å². The standard InChI is InChI=1S/C13H23NO/c1-2-10-8-12(10)14-11-4-7-15-13(9-11)5-3-6-13/h10-12,14H,2-9H2,1H3. The highest BCUT2D eigenvalue weighted by Gasteiger charge is 2.44. The summed E-state index contributed by atoms with van der Waals surface area (Å²) < 4.78 is 5.95. The maximum Gasteiger partial charge on any atom is 0.0697 e. The summed E-state index contributed by atoms with van der Waals surface area (Å²) in [5.41, 5.74) is 0.312. The molecule has 0 amide bonds. The zero-order valence-corrected chi connectivity index (χ0v) is 9.80. The van der Waals surface area contributed by atoms with Gasteiger partial charge in [-0.05, 0) is 44.4 Å². The topological polar surface area (TPSA) is 21.3 Å². The van der Waals surface area contributed by atoms with Crippen molar-refractivity contribution < 1.29 is 4.74 Å². The van der Waals surface area contributed by atoms with Crippen molar-refractivity contribution in [3.05, 3.63) is 0 Å². The van der Waals surface area contributed by atoms with E-state index in [4.69, 9.17) is 4.74 Å². The van der Waals surface area contributed by atoms with Crippen molar-refractivity contribution >= 4 is 0 Å². The average Bonchev–Trinajstić information content (AvgIpc) is 2.95. The maximum absolute atomic E-state index is 5.95. The van der Waals surface area contributed by atoms with Crippen LogP contribution in [0.3, 0.4) is 0 Å². The Morgan fingerprint density at radius 1 is 1.40 bits per heavy atom. The zero-order chi connectivity index (χ0) is 10.3. The van der Waals surface area contributed by atoms with Gasteiger partial charge in [0.2, 0.25) is 0 Å². The molecule has 3 fully saturated rings. The van der Waals surface area contributed by atoms with Gasteiger partial charge in [0.1, 0.15) is 0 Å². The maximum atomic E-state index is 5.95. The minimum atomic E-state index is 0.312. The molecule has 1 aliphatic heterocycles. The van der Waals surface area contributed by atoms with E-state index < -0.39 is 0 Å². The lowest BCUT2D eigenvalue weighted by atomic mass is 9.74. The summed E-state index contributed by atoms with van der Waals surface area (Å²) in [6, 6.07) is 1.59. The molecule has 1 N–H and O–H groups in total. The monoisotopic (exact) mass is 209 g/mol. The van der Waals surface area contributed by atoms with Gasteiger partial charge in [0.25, 0.3) is 0 Å². The Morgan fingerprint density at radius 3 is 2.87 bits per heavy atom. The van der Waals surface area contributed by atoms with Crippen LogP contribution in [0.25, 0.3) is 0 Å². The Morgan fingerprint density at radius 2 is 2.27 bits per heavy atom. The molecule has 2 saturated carbocycles. The van der Waals surface area contributed by atoms with E-state index in [1.54, 1.807) is 0 Å². The van der Waals surface area contributed by atoms with E-state index in [0.29, 0.717) is 5.60 Å². The number of nitrogens with one attached hydrogen (secondary N) is 1. The molecule has 1 heterocycles. The molecule has 3 aliphatic rings. The molecule has 3 unspecified atom stereocenters. The van der Waals surface area contributed by atoms with Gasteiger partial charge in [0.15, 0.2) is 0 Å². The molecule has 1 saturated heterocycles. The molecular formula is C13H23NO. The average molecular weight is 209 g/mol. The Bertz CT molecular complexity index is 237. The second-order valence-electron chi connectivity index (χ2n) is 5.75. The summed E-state index contributed by atoms with van der Waals surface area (Å²) in [4.78, 5) is 0. The lowest BCUT2D eigenvalue weighted by Crippen LogP contribution is -2.51. The molecule has 1 spiro atoms. The van der Waals surface area contributed by atoms with E-state index in [2.05, 4.69) is 12.2 Å². The number of ether oxygens (including phenoxy) is 1. The quantitative estimate of drug-likeness (QED) is 0.771. The molecule has 0 radical (unpaired) electrons. The normalized spacial score (nSPS) is 42.6. The predicted molar refractivity (Wildman–Crippen MR) is 60.9 cm³/mol. The Hall–Kier alpha value is -0.0800. The van der Waals surface area contributed by atoms with Gasteiger partial charge in [-0.15, -0.1) is 0 Å². The first kappa shape index (κ1) is 10.1. The van der Waals surface area contributed by atoms with E-state index in [9.17, 15) is 0 Å². The molecule has 0 aromatic heterocycles. The van der Waals surface area contributed by atoms with E-state index in [0.717, 1.165) is 24.6 Å². The van der Waals surface area contributed by atoms with Crippen LogP contribution >= 0.6 is 0 Å². The van der Waals surface area contributed by atoms with Gasteiger partial charge >= 0.3 is 0 Å². The summed E-state index contributed by atoms with van der Waals surface area (Å²) in [6.45, 7) is 3.30. The first-order valence-corrected chi connectivity index (χ1v) is 6.71. The third kappa shape index (κ3) is 1.94. The van der Waals surface area contributed by atoms with Crippen molar-refractivity contribution in [2.24, 2.45) is 5.92 Å². The van der Waals surface area contributed by atoms with Crippen LogP contribution in [0.15, 0.2) is 0 Å². The second-order valence-corrected chi connectivity index (χ2v) is 5.75. The van der Waals surface area contributed by atoms with Gasteiger partial charge < -0.3 is 10.1 Å². The van der Waals surface area contributed by atoms with E-state index in [-0.39, 0.29) is 0 Å². The Labute approximate surface area is 92.8 Å². The summed E-state index contributed by atoms with van der Waals surface area (Å²) in [5, 5.41) is 3.84. The zero-order valence-electron chi connectivity index (χ0n) is 9.80.